The van der Waals surface area contributed by atoms with Crippen LogP contribution in [0.4, 0.5) is 0 Å². The molecule has 1 heterocycles. The first kappa shape index (κ1) is 20.1. The molecule has 0 saturated carbocycles. The summed E-state index contributed by atoms with van der Waals surface area (Å²) in [5.74, 6) is 0.0101. The number of hydrogen-bond acceptors (Lipinski definition) is 3. The van der Waals surface area contributed by atoms with Crippen LogP contribution >= 0.6 is 23.2 Å². The van der Waals surface area contributed by atoms with E-state index in [9.17, 15) is 13.2 Å². The van der Waals surface area contributed by atoms with Gasteiger partial charge in [-0.05, 0) is 36.2 Å². The average Bonchev–Trinajstić information content (AvgIpc) is 2.65. The second kappa shape index (κ2) is 8.19. The Morgan fingerprint density at radius 1 is 1.00 bits per heavy atom. The van der Waals surface area contributed by atoms with Gasteiger partial charge in [-0.3, -0.25) is 4.79 Å². The minimum Gasteiger partial charge on any atom is -0.340 e. The largest absolute Gasteiger partial charge is 0.340 e. The molecule has 0 aromatic heterocycles. The topological polar surface area (TPSA) is 57.7 Å². The first-order valence-electron chi connectivity index (χ1n) is 8.56. The van der Waals surface area contributed by atoms with Crippen LogP contribution < -0.4 is 0 Å². The van der Waals surface area contributed by atoms with E-state index in [1.807, 2.05) is 31.2 Å². The molecular formula is C19H20Cl2N2O3S. The molecule has 1 aliphatic rings. The van der Waals surface area contributed by atoms with E-state index in [-0.39, 0.29) is 28.9 Å². The molecule has 5 nitrogen and oxygen atoms in total. The van der Waals surface area contributed by atoms with Gasteiger partial charge in [0.05, 0.1) is 21.4 Å². The smallest absolute Gasteiger partial charge is 0.243 e. The normalized spacial score (nSPS) is 15.7. The summed E-state index contributed by atoms with van der Waals surface area (Å²) >= 11 is 11.8. The van der Waals surface area contributed by atoms with Crippen LogP contribution in [-0.4, -0.2) is 49.7 Å². The lowest BCUT2D eigenvalue weighted by Crippen LogP contribution is -2.50. The van der Waals surface area contributed by atoms with Crippen molar-refractivity contribution < 1.29 is 13.2 Å². The molecule has 0 bridgehead atoms. The van der Waals surface area contributed by atoms with Crippen LogP contribution in [0.15, 0.2) is 47.4 Å². The Balaban J connectivity index is 1.65. The zero-order chi connectivity index (χ0) is 19.6. The van der Waals surface area contributed by atoms with Gasteiger partial charge in [0.1, 0.15) is 0 Å². The predicted octanol–water partition coefficient (Wildman–Crippen LogP) is 3.38. The molecule has 27 heavy (non-hydrogen) atoms. The first-order chi connectivity index (χ1) is 12.8. The van der Waals surface area contributed by atoms with Gasteiger partial charge >= 0.3 is 0 Å². The van der Waals surface area contributed by atoms with Gasteiger partial charge in [-0.1, -0.05) is 47.5 Å². The number of piperazine rings is 1. The van der Waals surface area contributed by atoms with Crippen molar-refractivity contribution in [3.63, 3.8) is 0 Å². The third kappa shape index (κ3) is 4.46. The molecule has 2 aromatic rings. The van der Waals surface area contributed by atoms with Gasteiger partial charge in [0.25, 0.3) is 0 Å². The monoisotopic (exact) mass is 426 g/mol. The van der Waals surface area contributed by atoms with Crippen LogP contribution in [0.25, 0.3) is 0 Å². The third-order valence-electron chi connectivity index (χ3n) is 4.72. The molecule has 3 rings (SSSR count). The molecule has 0 spiro atoms. The van der Waals surface area contributed by atoms with E-state index in [1.54, 1.807) is 4.90 Å². The molecule has 144 valence electrons. The maximum atomic E-state index is 12.8. The molecular weight excluding hydrogens is 407 g/mol. The molecule has 0 aliphatic carbocycles. The molecule has 0 N–H and O–H groups in total. The predicted molar refractivity (Wildman–Crippen MR) is 107 cm³/mol. The zero-order valence-corrected chi connectivity index (χ0v) is 17.2. The van der Waals surface area contributed by atoms with Gasteiger partial charge in [0.15, 0.2) is 0 Å². The summed E-state index contributed by atoms with van der Waals surface area (Å²) in [5.41, 5.74) is 2.07. The average molecular weight is 427 g/mol. The number of nitrogens with zero attached hydrogens (tertiary/aromatic N) is 2. The third-order valence-corrected chi connectivity index (χ3v) is 7.36. The standard InChI is InChI=1S/C19H20Cl2N2O3S/c1-14-4-2-3-5-15(14)12-19(24)22-8-10-23(11-9-22)27(25,26)16-6-7-17(20)18(21)13-16/h2-7,13H,8-12H2,1H3. The van der Waals surface area contributed by atoms with Crippen LogP contribution in [0.1, 0.15) is 11.1 Å². The van der Waals surface area contributed by atoms with E-state index in [0.29, 0.717) is 24.5 Å². The summed E-state index contributed by atoms with van der Waals surface area (Å²) in [6.45, 7) is 3.21. The minimum atomic E-state index is -3.66. The van der Waals surface area contributed by atoms with E-state index < -0.39 is 10.0 Å². The Morgan fingerprint density at radius 3 is 2.30 bits per heavy atom. The van der Waals surface area contributed by atoms with E-state index in [0.717, 1.165) is 11.1 Å². The minimum absolute atomic E-state index is 0.0101. The van der Waals surface area contributed by atoms with Crippen molar-refractivity contribution in [3.05, 3.63) is 63.6 Å². The highest BCUT2D eigenvalue weighted by atomic mass is 35.5. The summed E-state index contributed by atoms with van der Waals surface area (Å²) in [7, 11) is -3.66. The number of carbonyl (C=O) groups excluding carboxylic acids is 1. The number of sulfonamides is 1. The number of benzene rings is 2. The highest BCUT2D eigenvalue weighted by Crippen LogP contribution is 2.27. The maximum Gasteiger partial charge on any atom is 0.243 e. The highest BCUT2D eigenvalue weighted by Gasteiger charge is 2.30. The Morgan fingerprint density at radius 2 is 1.67 bits per heavy atom. The number of amides is 1. The van der Waals surface area contributed by atoms with Crippen LogP contribution in [0.3, 0.4) is 0 Å². The van der Waals surface area contributed by atoms with Crippen molar-refractivity contribution in [2.75, 3.05) is 26.2 Å². The summed E-state index contributed by atoms with van der Waals surface area (Å²) in [6.07, 6.45) is 0.326. The quantitative estimate of drug-likeness (QED) is 0.752. The molecule has 8 heteroatoms. The van der Waals surface area contributed by atoms with Crippen molar-refractivity contribution in [1.82, 2.24) is 9.21 Å². The van der Waals surface area contributed by atoms with Gasteiger partial charge in [0.2, 0.25) is 15.9 Å². The summed E-state index contributed by atoms with van der Waals surface area (Å²) in [5, 5.41) is 0.507. The SMILES string of the molecule is Cc1ccccc1CC(=O)N1CCN(S(=O)(=O)c2ccc(Cl)c(Cl)c2)CC1. The van der Waals surface area contributed by atoms with Crippen LogP contribution in [0.5, 0.6) is 0 Å². The van der Waals surface area contributed by atoms with Crippen LogP contribution in [0, 0.1) is 6.92 Å². The Bertz CT molecular complexity index is 955. The molecule has 2 aromatic carbocycles. The van der Waals surface area contributed by atoms with Crippen molar-refractivity contribution in [2.24, 2.45) is 0 Å². The van der Waals surface area contributed by atoms with Gasteiger partial charge in [-0.2, -0.15) is 4.31 Å². The molecule has 1 fully saturated rings. The Kier molecular flexibility index (Phi) is 6.11. The second-order valence-corrected chi connectivity index (χ2v) is 9.22. The Labute approximate surface area is 169 Å². The van der Waals surface area contributed by atoms with Crippen LogP contribution in [0.2, 0.25) is 10.0 Å². The van der Waals surface area contributed by atoms with Gasteiger partial charge in [0, 0.05) is 26.2 Å². The van der Waals surface area contributed by atoms with Crippen LogP contribution in [-0.2, 0) is 21.2 Å². The number of rotatable bonds is 4. The molecule has 0 atom stereocenters. The summed E-state index contributed by atoms with van der Waals surface area (Å²) < 4.78 is 26.9. The lowest BCUT2D eigenvalue weighted by Gasteiger charge is -2.34. The van der Waals surface area contributed by atoms with E-state index in [2.05, 4.69) is 0 Å². The van der Waals surface area contributed by atoms with Gasteiger partial charge in [-0.25, -0.2) is 8.42 Å². The fourth-order valence-corrected chi connectivity index (χ4v) is 4.86. The Hall–Kier alpha value is -1.60. The fraction of sp³-hybridized carbons (Fsp3) is 0.316. The number of hydrogen-bond donors (Lipinski definition) is 0. The van der Waals surface area contributed by atoms with E-state index in [4.69, 9.17) is 23.2 Å². The molecule has 0 unspecified atom stereocenters. The van der Waals surface area contributed by atoms with E-state index in [1.165, 1.54) is 22.5 Å². The lowest BCUT2D eigenvalue weighted by atomic mass is 10.1. The zero-order valence-electron chi connectivity index (χ0n) is 14.9. The summed E-state index contributed by atoms with van der Waals surface area (Å²) in [6, 6.07) is 12.0. The molecule has 1 saturated heterocycles. The summed E-state index contributed by atoms with van der Waals surface area (Å²) in [4.78, 5) is 14.4. The number of aryl methyl sites for hydroxylation is 1. The fourth-order valence-electron chi connectivity index (χ4n) is 3.05. The van der Waals surface area contributed by atoms with Gasteiger partial charge in [-0.15, -0.1) is 0 Å². The number of carbonyl (C=O) groups is 1. The van der Waals surface area contributed by atoms with E-state index >= 15 is 0 Å². The second-order valence-electron chi connectivity index (χ2n) is 6.46. The number of halogens is 2. The maximum absolute atomic E-state index is 12.8. The van der Waals surface area contributed by atoms with Crippen molar-refractivity contribution in [1.29, 1.82) is 0 Å². The van der Waals surface area contributed by atoms with Crippen molar-refractivity contribution in [3.8, 4) is 0 Å². The molecule has 1 amide bonds. The highest BCUT2D eigenvalue weighted by molar-refractivity contribution is 7.89. The molecule has 1 aliphatic heterocycles. The van der Waals surface area contributed by atoms with Gasteiger partial charge < -0.3 is 4.90 Å². The van der Waals surface area contributed by atoms with Crippen molar-refractivity contribution in [2.45, 2.75) is 18.2 Å². The van der Waals surface area contributed by atoms with Crippen molar-refractivity contribution >= 4 is 39.1 Å². The molecule has 0 radical (unpaired) electrons. The first-order valence-corrected chi connectivity index (χ1v) is 10.8. The lowest BCUT2D eigenvalue weighted by molar-refractivity contribution is -0.131.